The Bertz CT molecular complexity index is 1280. The Morgan fingerprint density at radius 1 is 1.17 bits per heavy atom. The summed E-state index contributed by atoms with van der Waals surface area (Å²) in [4.78, 5) is 27.7. The highest BCUT2D eigenvalue weighted by atomic mass is 79.9. The molecule has 2 heterocycles. The number of carbonyl (C=O) groups is 2. The molecule has 1 atom stereocenters. The van der Waals surface area contributed by atoms with Crippen molar-refractivity contribution < 1.29 is 33.7 Å². The van der Waals surface area contributed by atoms with Crippen LogP contribution >= 0.6 is 15.9 Å². The van der Waals surface area contributed by atoms with Crippen molar-refractivity contribution in [2.75, 3.05) is 13.7 Å². The number of halogens is 1. The van der Waals surface area contributed by atoms with Crippen LogP contribution in [0.5, 0.6) is 17.2 Å². The fraction of sp³-hybridized carbons (Fsp3) is 0.231. The van der Waals surface area contributed by atoms with Crippen molar-refractivity contribution in [2.45, 2.75) is 25.9 Å². The number of hydrogen-bond donors (Lipinski definition) is 2. The van der Waals surface area contributed by atoms with Crippen molar-refractivity contribution in [1.29, 1.82) is 0 Å². The van der Waals surface area contributed by atoms with E-state index in [-0.39, 0.29) is 29.4 Å². The molecule has 0 aliphatic carbocycles. The molecule has 1 aromatic heterocycles. The largest absolute Gasteiger partial charge is 0.507 e. The van der Waals surface area contributed by atoms with E-state index in [1.807, 2.05) is 6.92 Å². The molecule has 4 rings (SSSR count). The number of ether oxygens (including phenoxy) is 2. The van der Waals surface area contributed by atoms with Gasteiger partial charge in [0.25, 0.3) is 11.7 Å². The van der Waals surface area contributed by atoms with Crippen molar-refractivity contribution in [3.8, 4) is 17.2 Å². The van der Waals surface area contributed by atoms with Crippen LogP contribution in [0.25, 0.3) is 5.76 Å². The van der Waals surface area contributed by atoms with Crippen molar-refractivity contribution in [1.82, 2.24) is 4.90 Å². The van der Waals surface area contributed by atoms with E-state index in [4.69, 9.17) is 13.9 Å². The van der Waals surface area contributed by atoms with Gasteiger partial charge in [-0.15, -0.1) is 0 Å². The second-order valence-electron chi connectivity index (χ2n) is 7.94. The van der Waals surface area contributed by atoms with Crippen LogP contribution in [0, 0.1) is 0 Å². The van der Waals surface area contributed by atoms with E-state index in [1.165, 1.54) is 24.3 Å². The number of aliphatic hydroxyl groups excluding tert-OH is 1. The van der Waals surface area contributed by atoms with Crippen molar-refractivity contribution in [3.05, 3.63) is 81.7 Å². The highest BCUT2D eigenvalue weighted by molar-refractivity contribution is 9.10. The number of methoxy groups -OCH3 is 1. The molecule has 0 radical (unpaired) electrons. The van der Waals surface area contributed by atoms with Gasteiger partial charge in [-0.25, -0.2) is 0 Å². The van der Waals surface area contributed by atoms with E-state index in [0.717, 1.165) is 6.42 Å². The fourth-order valence-electron chi connectivity index (χ4n) is 3.98. The maximum atomic E-state index is 13.2. The molecule has 3 aromatic rings. The van der Waals surface area contributed by atoms with Gasteiger partial charge in [0.1, 0.15) is 17.3 Å². The molecule has 9 heteroatoms. The molecule has 8 nitrogen and oxygen atoms in total. The highest BCUT2D eigenvalue weighted by Gasteiger charge is 2.46. The summed E-state index contributed by atoms with van der Waals surface area (Å²) in [5, 5.41) is 21.6. The number of aliphatic hydroxyl groups is 1. The van der Waals surface area contributed by atoms with Gasteiger partial charge in [-0.05, 0) is 64.3 Å². The second-order valence-corrected chi connectivity index (χ2v) is 8.79. The zero-order valence-corrected chi connectivity index (χ0v) is 20.7. The minimum absolute atomic E-state index is 0.000514. The first-order valence-corrected chi connectivity index (χ1v) is 11.7. The number of ketones is 1. The summed E-state index contributed by atoms with van der Waals surface area (Å²) in [7, 11) is 1.40. The SMILES string of the molecule is CCCOc1cccc(C(O)=C2C(=O)C(=O)N(Cc3ccco3)C2c2cc(Br)c(O)c(OC)c2)c1. The summed E-state index contributed by atoms with van der Waals surface area (Å²) < 4.78 is 16.7. The molecule has 182 valence electrons. The number of hydrogen-bond acceptors (Lipinski definition) is 7. The number of rotatable bonds is 8. The molecule has 0 bridgehead atoms. The van der Waals surface area contributed by atoms with Crippen molar-refractivity contribution in [2.24, 2.45) is 0 Å². The van der Waals surface area contributed by atoms with E-state index in [2.05, 4.69) is 15.9 Å². The molecule has 1 aliphatic heterocycles. The van der Waals surface area contributed by atoms with Gasteiger partial charge in [-0.1, -0.05) is 19.1 Å². The Labute approximate surface area is 210 Å². The third-order valence-corrected chi connectivity index (χ3v) is 6.22. The Morgan fingerprint density at radius 3 is 2.66 bits per heavy atom. The summed E-state index contributed by atoms with van der Waals surface area (Å²) in [6.07, 6.45) is 2.29. The first-order chi connectivity index (χ1) is 16.8. The summed E-state index contributed by atoms with van der Waals surface area (Å²) in [6, 6.07) is 12.2. The topological polar surface area (TPSA) is 109 Å². The highest BCUT2D eigenvalue weighted by Crippen LogP contribution is 2.45. The van der Waals surface area contributed by atoms with E-state index in [9.17, 15) is 19.8 Å². The number of phenolic OH excluding ortho intramolecular Hbond substituents is 1. The molecule has 1 amide bonds. The Balaban J connectivity index is 1.88. The lowest BCUT2D eigenvalue weighted by molar-refractivity contribution is -0.140. The first kappa shape index (κ1) is 24.4. The lowest BCUT2D eigenvalue weighted by atomic mass is 9.95. The number of aromatic hydroxyl groups is 1. The van der Waals surface area contributed by atoms with E-state index in [1.54, 1.807) is 42.5 Å². The zero-order valence-electron chi connectivity index (χ0n) is 19.2. The number of furan rings is 1. The second kappa shape index (κ2) is 10.3. The van der Waals surface area contributed by atoms with Gasteiger partial charge in [0.05, 0.1) is 42.6 Å². The predicted octanol–water partition coefficient (Wildman–Crippen LogP) is 5.17. The number of nitrogens with zero attached hydrogens (tertiary/aromatic N) is 1. The molecule has 1 aliphatic rings. The molecule has 0 spiro atoms. The first-order valence-electron chi connectivity index (χ1n) is 11.0. The van der Waals surface area contributed by atoms with Crippen LogP contribution in [0.1, 0.15) is 36.3 Å². The third-order valence-electron chi connectivity index (χ3n) is 5.61. The summed E-state index contributed by atoms with van der Waals surface area (Å²) in [6.45, 7) is 2.48. The van der Waals surface area contributed by atoms with Crippen LogP contribution < -0.4 is 9.47 Å². The Kier molecular flexibility index (Phi) is 7.16. The summed E-state index contributed by atoms with van der Waals surface area (Å²) >= 11 is 3.30. The number of likely N-dealkylation sites (tertiary alicyclic amines) is 1. The standard InChI is InChI=1S/C26H24BrNO7/c1-3-9-34-17-7-4-6-15(11-17)23(29)21-22(16-12-19(27)24(30)20(13-16)33-2)28(26(32)25(21)31)14-18-8-5-10-35-18/h4-8,10-13,22,29-30H,3,9,14H2,1-2H3. The van der Waals surface area contributed by atoms with E-state index in [0.29, 0.717) is 33.7 Å². The van der Waals surface area contributed by atoms with Gasteiger partial charge in [0.2, 0.25) is 0 Å². The monoisotopic (exact) mass is 541 g/mol. The molecule has 0 saturated carbocycles. The number of Topliss-reactive ketones (excluding diaryl/α,β-unsaturated/α-hetero) is 1. The fourth-order valence-corrected chi connectivity index (χ4v) is 4.44. The quantitative estimate of drug-likeness (QED) is 0.230. The van der Waals surface area contributed by atoms with E-state index < -0.39 is 17.7 Å². The maximum absolute atomic E-state index is 13.2. The van der Waals surface area contributed by atoms with Gasteiger partial charge in [0.15, 0.2) is 11.5 Å². The summed E-state index contributed by atoms with van der Waals surface area (Å²) in [5.41, 5.74) is 0.704. The van der Waals surface area contributed by atoms with Gasteiger partial charge in [0, 0.05) is 5.56 Å². The van der Waals surface area contributed by atoms with Crippen LogP contribution in [0.3, 0.4) is 0 Å². The molecule has 1 saturated heterocycles. The molecule has 1 unspecified atom stereocenters. The number of phenols is 1. The Morgan fingerprint density at radius 2 is 1.97 bits per heavy atom. The molecular weight excluding hydrogens is 518 g/mol. The van der Waals surface area contributed by atoms with Crippen LogP contribution in [0.15, 0.2) is 69.3 Å². The van der Waals surface area contributed by atoms with Crippen LogP contribution in [-0.4, -0.2) is 40.5 Å². The minimum Gasteiger partial charge on any atom is -0.507 e. The molecule has 35 heavy (non-hydrogen) atoms. The van der Waals surface area contributed by atoms with Gasteiger partial charge in [-0.3, -0.25) is 9.59 Å². The van der Waals surface area contributed by atoms with E-state index >= 15 is 0 Å². The van der Waals surface area contributed by atoms with Crippen molar-refractivity contribution >= 4 is 33.4 Å². The van der Waals surface area contributed by atoms with Gasteiger partial charge >= 0.3 is 0 Å². The van der Waals surface area contributed by atoms with Crippen molar-refractivity contribution in [3.63, 3.8) is 0 Å². The average Bonchev–Trinajstić information content (AvgIpc) is 3.46. The number of carbonyl (C=O) groups excluding carboxylic acids is 2. The lowest BCUT2D eigenvalue weighted by Gasteiger charge is -2.25. The normalized spacial score (nSPS) is 17.1. The zero-order chi connectivity index (χ0) is 25.1. The Hall–Kier alpha value is -3.72. The molecule has 2 aromatic carbocycles. The van der Waals surface area contributed by atoms with Crippen LogP contribution in [0.2, 0.25) is 0 Å². The van der Waals surface area contributed by atoms with Gasteiger partial charge < -0.3 is 29.0 Å². The maximum Gasteiger partial charge on any atom is 0.296 e. The number of amides is 1. The summed E-state index contributed by atoms with van der Waals surface area (Å²) in [5.74, 6) is -0.923. The van der Waals surface area contributed by atoms with Crippen LogP contribution in [-0.2, 0) is 16.1 Å². The van der Waals surface area contributed by atoms with Crippen LogP contribution in [0.4, 0.5) is 0 Å². The molecular formula is C26H24BrNO7. The lowest BCUT2D eigenvalue weighted by Crippen LogP contribution is -2.29. The molecule has 2 N–H and O–H groups in total. The molecule has 1 fully saturated rings. The average molecular weight is 542 g/mol. The third kappa shape index (κ3) is 4.77. The number of benzene rings is 2. The minimum atomic E-state index is -0.967. The predicted molar refractivity (Wildman–Crippen MR) is 131 cm³/mol. The smallest absolute Gasteiger partial charge is 0.296 e. The van der Waals surface area contributed by atoms with Gasteiger partial charge in [-0.2, -0.15) is 0 Å².